The van der Waals surface area contributed by atoms with Crippen LogP contribution in [-0.2, 0) is 9.59 Å². The van der Waals surface area contributed by atoms with Crippen molar-refractivity contribution in [3.8, 4) is 0 Å². The zero-order valence-corrected chi connectivity index (χ0v) is 13.5. The summed E-state index contributed by atoms with van der Waals surface area (Å²) in [4.78, 5) is 26.3. The SMILES string of the molecule is NC1CCCC(C(=O)Nc2cccc(N3CCCCC3=O)c2)C1. The molecule has 0 aromatic heterocycles. The number of amides is 2. The van der Waals surface area contributed by atoms with Crippen LogP contribution in [0, 0.1) is 5.92 Å². The molecule has 1 aliphatic carbocycles. The molecule has 1 aromatic rings. The molecule has 1 aliphatic heterocycles. The topological polar surface area (TPSA) is 75.4 Å². The van der Waals surface area contributed by atoms with E-state index in [-0.39, 0.29) is 23.8 Å². The lowest BCUT2D eigenvalue weighted by atomic mass is 9.85. The third kappa shape index (κ3) is 3.91. The Balaban J connectivity index is 1.67. The summed E-state index contributed by atoms with van der Waals surface area (Å²) in [6.45, 7) is 0.758. The quantitative estimate of drug-likeness (QED) is 0.900. The van der Waals surface area contributed by atoms with Gasteiger partial charge in [-0.2, -0.15) is 0 Å². The largest absolute Gasteiger partial charge is 0.328 e. The average Bonchev–Trinajstić information content (AvgIpc) is 2.55. The number of hydrogen-bond acceptors (Lipinski definition) is 3. The fourth-order valence-corrected chi connectivity index (χ4v) is 3.54. The monoisotopic (exact) mass is 315 g/mol. The molecule has 1 saturated carbocycles. The van der Waals surface area contributed by atoms with E-state index in [0.717, 1.165) is 56.4 Å². The standard InChI is InChI=1S/C18H25N3O2/c19-14-6-3-5-13(11-14)18(23)20-15-7-4-8-16(12-15)21-10-2-1-9-17(21)22/h4,7-8,12-14H,1-3,5-6,9-11,19H2,(H,20,23). The number of nitrogens with one attached hydrogen (secondary N) is 1. The van der Waals surface area contributed by atoms with Crippen LogP contribution < -0.4 is 16.0 Å². The summed E-state index contributed by atoms with van der Waals surface area (Å²) < 4.78 is 0. The van der Waals surface area contributed by atoms with Crippen LogP contribution in [0.1, 0.15) is 44.9 Å². The molecule has 0 radical (unpaired) electrons. The molecule has 2 fully saturated rings. The number of nitrogens with zero attached hydrogens (tertiary/aromatic N) is 1. The van der Waals surface area contributed by atoms with Crippen molar-refractivity contribution in [3.05, 3.63) is 24.3 Å². The van der Waals surface area contributed by atoms with E-state index in [1.807, 2.05) is 29.2 Å². The second kappa shape index (κ2) is 7.13. The summed E-state index contributed by atoms with van der Waals surface area (Å²) in [6.07, 6.45) is 6.30. The Morgan fingerprint density at radius 2 is 2.09 bits per heavy atom. The second-order valence-electron chi connectivity index (χ2n) is 6.67. The molecule has 2 aliphatic rings. The maximum absolute atomic E-state index is 12.4. The van der Waals surface area contributed by atoms with Crippen LogP contribution in [0.3, 0.4) is 0 Å². The van der Waals surface area contributed by atoms with E-state index in [1.165, 1.54) is 0 Å². The first-order valence-electron chi connectivity index (χ1n) is 8.60. The highest BCUT2D eigenvalue weighted by atomic mass is 16.2. The summed E-state index contributed by atoms with van der Waals surface area (Å²) in [7, 11) is 0. The minimum atomic E-state index is -0.000903. The lowest BCUT2D eigenvalue weighted by molar-refractivity contribution is -0.121. The van der Waals surface area contributed by atoms with Gasteiger partial charge in [-0.05, 0) is 50.3 Å². The number of piperidine rings is 1. The minimum absolute atomic E-state index is 0.000903. The number of carbonyl (C=O) groups is 2. The van der Waals surface area contributed by atoms with Crippen molar-refractivity contribution in [1.29, 1.82) is 0 Å². The van der Waals surface area contributed by atoms with Gasteiger partial charge in [-0.15, -0.1) is 0 Å². The lowest BCUT2D eigenvalue weighted by Crippen LogP contribution is -2.35. The van der Waals surface area contributed by atoms with E-state index in [9.17, 15) is 9.59 Å². The first kappa shape index (κ1) is 16.0. The molecule has 23 heavy (non-hydrogen) atoms. The van der Waals surface area contributed by atoms with Crippen LogP contribution in [-0.4, -0.2) is 24.4 Å². The molecule has 0 bridgehead atoms. The van der Waals surface area contributed by atoms with Gasteiger partial charge >= 0.3 is 0 Å². The van der Waals surface area contributed by atoms with Crippen LogP contribution >= 0.6 is 0 Å². The summed E-state index contributed by atoms with van der Waals surface area (Å²) in [5.74, 6) is 0.208. The highest BCUT2D eigenvalue weighted by Crippen LogP contribution is 2.27. The van der Waals surface area contributed by atoms with E-state index in [4.69, 9.17) is 5.73 Å². The van der Waals surface area contributed by atoms with Gasteiger partial charge in [0.25, 0.3) is 0 Å². The zero-order valence-electron chi connectivity index (χ0n) is 13.5. The molecule has 2 unspecified atom stereocenters. The van der Waals surface area contributed by atoms with E-state index in [1.54, 1.807) is 0 Å². The van der Waals surface area contributed by atoms with Gasteiger partial charge in [-0.25, -0.2) is 0 Å². The molecule has 5 heteroatoms. The number of anilines is 2. The molecule has 1 saturated heterocycles. The number of nitrogens with two attached hydrogens (primary N) is 1. The zero-order chi connectivity index (χ0) is 16.2. The normalized spacial score (nSPS) is 25.3. The highest BCUT2D eigenvalue weighted by molar-refractivity contribution is 5.96. The van der Waals surface area contributed by atoms with Gasteiger partial charge < -0.3 is 16.0 Å². The minimum Gasteiger partial charge on any atom is -0.328 e. The molecular formula is C18H25N3O2. The van der Waals surface area contributed by atoms with E-state index in [0.29, 0.717) is 6.42 Å². The van der Waals surface area contributed by atoms with Crippen molar-refractivity contribution >= 4 is 23.2 Å². The Kier molecular flexibility index (Phi) is 4.96. The van der Waals surface area contributed by atoms with Gasteiger partial charge in [0.15, 0.2) is 0 Å². The first-order chi connectivity index (χ1) is 11.1. The van der Waals surface area contributed by atoms with Crippen molar-refractivity contribution in [3.63, 3.8) is 0 Å². The molecule has 2 atom stereocenters. The Hall–Kier alpha value is -1.88. The highest BCUT2D eigenvalue weighted by Gasteiger charge is 2.25. The Bertz CT molecular complexity index is 587. The predicted octanol–water partition coefficient (Wildman–Crippen LogP) is 2.66. The van der Waals surface area contributed by atoms with Crippen molar-refractivity contribution in [2.75, 3.05) is 16.8 Å². The fraction of sp³-hybridized carbons (Fsp3) is 0.556. The van der Waals surface area contributed by atoms with Crippen LogP contribution in [0.25, 0.3) is 0 Å². The third-order valence-corrected chi connectivity index (χ3v) is 4.83. The van der Waals surface area contributed by atoms with Crippen LogP contribution in [0.15, 0.2) is 24.3 Å². The van der Waals surface area contributed by atoms with Gasteiger partial charge in [0, 0.05) is 36.3 Å². The van der Waals surface area contributed by atoms with Crippen LogP contribution in [0.2, 0.25) is 0 Å². The molecule has 3 N–H and O–H groups in total. The lowest BCUT2D eigenvalue weighted by Gasteiger charge is -2.28. The average molecular weight is 315 g/mol. The molecular weight excluding hydrogens is 290 g/mol. The Labute approximate surface area is 137 Å². The third-order valence-electron chi connectivity index (χ3n) is 4.83. The summed E-state index contributed by atoms with van der Waals surface area (Å²) >= 11 is 0. The number of carbonyl (C=O) groups excluding carboxylic acids is 2. The molecule has 3 rings (SSSR count). The van der Waals surface area contributed by atoms with E-state index < -0.39 is 0 Å². The molecule has 5 nitrogen and oxygen atoms in total. The molecule has 0 spiro atoms. The van der Waals surface area contributed by atoms with Crippen LogP contribution in [0.4, 0.5) is 11.4 Å². The predicted molar refractivity (Wildman–Crippen MR) is 91.2 cm³/mol. The Morgan fingerprint density at radius 1 is 1.22 bits per heavy atom. The van der Waals surface area contributed by atoms with Crippen molar-refractivity contribution in [2.45, 2.75) is 51.0 Å². The number of rotatable bonds is 3. The van der Waals surface area contributed by atoms with Crippen molar-refractivity contribution in [1.82, 2.24) is 0 Å². The maximum atomic E-state index is 12.4. The van der Waals surface area contributed by atoms with E-state index >= 15 is 0 Å². The fourth-order valence-electron chi connectivity index (χ4n) is 3.54. The summed E-state index contributed by atoms with van der Waals surface area (Å²) in [5.41, 5.74) is 7.59. The summed E-state index contributed by atoms with van der Waals surface area (Å²) in [6, 6.07) is 7.72. The van der Waals surface area contributed by atoms with Crippen LogP contribution in [0.5, 0.6) is 0 Å². The van der Waals surface area contributed by atoms with Gasteiger partial charge in [-0.3, -0.25) is 9.59 Å². The van der Waals surface area contributed by atoms with Gasteiger partial charge in [0.05, 0.1) is 0 Å². The summed E-state index contributed by atoms with van der Waals surface area (Å²) in [5, 5.41) is 2.99. The Morgan fingerprint density at radius 3 is 2.87 bits per heavy atom. The molecule has 124 valence electrons. The molecule has 2 amide bonds. The van der Waals surface area contributed by atoms with Crippen molar-refractivity contribution < 1.29 is 9.59 Å². The first-order valence-corrected chi connectivity index (χ1v) is 8.60. The number of benzene rings is 1. The van der Waals surface area contributed by atoms with E-state index in [2.05, 4.69) is 5.32 Å². The van der Waals surface area contributed by atoms with Crippen molar-refractivity contribution in [2.24, 2.45) is 11.7 Å². The molecule has 1 heterocycles. The molecule has 1 aromatic carbocycles. The van der Waals surface area contributed by atoms with Gasteiger partial charge in [0.1, 0.15) is 0 Å². The number of hydrogen-bond donors (Lipinski definition) is 2. The second-order valence-corrected chi connectivity index (χ2v) is 6.67. The smallest absolute Gasteiger partial charge is 0.227 e. The van der Waals surface area contributed by atoms with Gasteiger partial charge in [-0.1, -0.05) is 12.5 Å². The van der Waals surface area contributed by atoms with Gasteiger partial charge in [0.2, 0.25) is 11.8 Å². The maximum Gasteiger partial charge on any atom is 0.227 e.